The Morgan fingerprint density at radius 1 is 1.16 bits per heavy atom. The fraction of sp³-hybridized carbons (Fsp3) is 0.263. The van der Waals surface area contributed by atoms with Crippen molar-refractivity contribution >= 4 is 23.3 Å². The maximum Gasteiger partial charge on any atom is 0.339 e. The fourth-order valence-electron chi connectivity index (χ4n) is 2.58. The Bertz CT molecular complexity index is 736. The summed E-state index contributed by atoms with van der Waals surface area (Å²) in [6, 6.07) is 18.7. The summed E-state index contributed by atoms with van der Waals surface area (Å²) in [7, 11) is 1.32. The normalized spacial score (nSPS) is 21.0. The molecular formula is C19H18ClNO4. The molecule has 1 heterocycles. The second-order valence-corrected chi connectivity index (χ2v) is 6.06. The van der Waals surface area contributed by atoms with Crippen LogP contribution in [0.25, 0.3) is 0 Å². The summed E-state index contributed by atoms with van der Waals surface area (Å²) in [5.74, 6) is -0.501. The van der Waals surface area contributed by atoms with Crippen molar-refractivity contribution in [3.05, 3.63) is 71.8 Å². The molecule has 1 aliphatic rings. The van der Waals surface area contributed by atoms with Gasteiger partial charge in [0.25, 0.3) is 0 Å². The lowest BCUT2D eigenvalue weighted by molar-refractivity contribution is -0.197. The van der Waals surface area contributed by atoms with Crippen LogP contribution in [0.5, 0.6) is 0 Å². The first-order valence-corrected chi connectivity index (χ1v) is 8.34. The van der Waals surface area contributed by atoms with E-state index in [0.29, 0.717) is 17.7 Å². The minimum atomic E-state index is -0.895. The Morgan fingerprint density at radius 3 is 2.40 bits per heavy atom. The standard InChI is InChI=1S/C19H18ClNO4/c1-23-19(22)18(14-10-6-3-7-11-14)24-16-12-15(20)17(21-25-16)13-8-4-2-5-9-13/h2-11,15-16,18H,12H2,1H3/t15-,16-,18+/m1/s1. The molecule has 0 radical (unpaired) electrons. The number of nitrogens with zero attached hydrogens (tertiary/aromatic N) is 1. The summed E-state index contributed by atoms with van der Waals surface area (Å²) in [5, 5.41) is 3.72. The lowest BCUT2D eigenvalue weighted by atomic mass is 10.0. The van der Waals surface area contributed by atoms with Gasteiger partial charge in [0, 0.05) is 12.0 Å². The van der Waals surface area contributed by atoms with E-state index in [1.807, 2.05) is 48.5 Å². The predicted molar refractivity (Wildman–Crippen MR) is 94.4 cm³/mol. The highest BCUT2D eigenvalue weighted by molar-refractivity contribution is 6.35. The first kappa shape index (κ1) is 17.5. The topological polar surface area (TPSA) is 57.1 Å². The van der Waals surface area contributed by atoms with E-state index in [1.54, 1.807) is 12.1 Å². The molecule has 25 heavy (non-hydrogen) atoms. The highest BCUT2D eigenvalue weighted by Gasteiger charge is 2.33. The quantitative estimate of drug-likeness (QED) is 0.603. The van der Waals surface area contributed by atoms with Gasteiger partial charge in [0.15, 0.2) is 6.10 Å². The van der Waals surface area contributed by atoms with E-state index in [2.05, 4.69) is 5.16 Å². The zero-order valence-corrected chi connectivity index (χ0v) is 14.4. The van der Waals surface area contributed by atoms with Crippen LogP contribution >= 0.6 is 11.6 Å². The van der Waals surface area contributed by atoms with E-state index in [4.69, 9.17) is 25.9 Å². The van der Waals surface area contributed by atoms with Crippen molar-refractivity contribution in [2.75, 3.05) is 7.11 Å². The number of hydrogen-bond donors (Lipinski definition) is 0. The number of benzene rings is 2. The molecule has 2 aromatic rings. The van der Waals surface area contributed by atoms with E-state index in [0.717, 1.165) is 5.56 Å². The maximum atomic E-state index is 12.1. The summed E-state index contributed by atoms with van der Waals surface area (Å²) in [5.41, 5.74) is 2.23. The molecule has 0 unspecified atom stereocenters. The first-order valence-electron chi connectivity index (χ1n) is 7.90. The molecule has 0 spiro atoms. The van der Waals surface area contributed by atoms with Gasteiger partial charge in [0.1, 0.15) is 5.71 Å². The fourth-order valence-corrected chi connectivity index (χ4v) is 2.89. The van der Waals surface area contributed by atoms with Crippen molar-refractivity contribution in [1.29, 1.82) is 0 Å². The Hall–Kier alpha value is -2.37. The summed E-state index contributed by atoms with van der Waals surface area (Å²) < 4.78 is 10.6. The molecule has 0 aliphatic carbocycles. The van der Waals surface area contributed by atoms with Gasteiger partial charge in [-0.3, -0.25) is 0 Å². The largest absolute Gasteiger partial charge is 0.467 e. The van der Waals surface area contributed by atoms with Crippen molar-refractivity contribution in [3.8, 4) is 0 Å². The third-order valence-corrected chi connectivity index (χ3v) is 4.22. The molecule has 5 nitrogen and oxygen atoms in total. The number of esters is 1. The highest BCUT2D eigenvalue weighted by atomic mass is 35.5. The summed E-state index contributed by atoms with van der Waals surface area (Å²) in [6.45, 7) is 0. The van der Waals surface area contributed by atoms with Crippen LogP contribution in [0.1, 0.15) is 23.7 Å². The molecule has 0 saturated carbocycles. The molecule has 0 aromatic heterocycles. The Balaban J connectivity index is 1.74. The molecule has 1 aliphatic heterocycles. The number of ether oxygens (including phenoxy) is 2. The zero-order chi connectivity index (χ0) is 17.6. The molecule has 0 bridgehead atoms. The van der Waals surface area contributed by atoms with Crippen LogP contribution in [0, 0.1) is 0 Å². The average molecular weight is 360 g/mol. The van der Waals surface area contributed by atoms with Crippen LogP contribution in [0.4, 0.5) is 0 Å². The minimum absolute atomic E-state index is 0.371. The van der Waals surface area contributed by atoms with Crippen LogP contribution in [0.2, 0.25) is 0 Å². The number of halogens is 1. The maximum absolute atomic E-state index is 12.1. The molecule has 0 fully saturated rings. The van der Waals surface area contributed by atoms with Gasteiger partial charge in [0.05, 0.1) is 12.5 Å². The molecule has 130 valence electrons. The van der Waals surface area contributed by atoms with E-state index in [1.165, 1.54) is 7.11 Å². The van der Waals surface area contributed by atoms with Crippen molar-refractivity contribution < 1.29 is 19.1 Å². The second kappa shape index (κ2) is 8.14. The van der Waals surface area contributed by atoms with Crippen LogP contribution in [-0.2, 0) is 19.1 Å². The third-order valence-electron chi connectivity index (χ3n) is 3.84. The van der Waals surface area contributed by atoms with E-state index >= 15 is 0 Å². The second-order valence-electron chi connectivity index (χ2n) is 5.53. The van der Waals surface area contributed by atoms with Gasteiger partial charge >= 0.3 is 5.97 Å². The number of hydrogen-bond acceptors (Lipinski definition) is 5. The Morgan fingerprint density at radius 2 is 1.80 bits per heavy atom. The highest BCUT2D eigenvalue weighted by Crippen LogP contribution is 2.27. The molecule has 3 atom stereocenters. The van der Waals surface area contributed by atoms with Crippen LogP contribution in [0.3, 0.4) is 0 Å². The van der Waals surface area contributed by atoms with Gasteiger partial charge in [-0.25, -0.2) is 4.79 Å². The van der Waals surface area contributed by atoms with Crippen LogP contribution in [0.15, 0.2) is 65.8 Å². The van der Waals surface area contributed by atoms with E-state index < -0.39 is 18.4 Å². The van der Waals surface area contributed by atoms with Crippen molar-refractivity contribution in [3.63, 3.8) is 0 Å². The monoisotopic (exact) mass is 359 g/mol. The lowest BCUT2D eigenvalue weighted by Gasteiger charge is -2.27. The number of carbonyl (C=O) groups excluding carboxylic acids is 1. The number of carbonyl (C=O) groups is 1. The van der Waals surface area contributed by atoms with Crippen molar-refractivity contribution in [1.82, 2.24) is 0 Å². The van der Waals surface area contributed by atoms with Crippen LogP contribution < -0.4 is 0 Å². The van der Waals surface area contributed by atoms with Crippen molar-refractivity contribution in [2.24, 2.45) is 5.16 Å². The minimum Gasteiger partial charge on any atom is -0.467 e. The molecule has 2 aromatic carbocycles. The predicted octanol–water partition coefficient (Wildman–Crippen LogP) is 3.68. The SMILES string of the molecule is COC(=O)[C@@H](O[C@H]1C[C@@H](Cl)C(c2ccccc2)=NO1)c1ccccc1. The first-order chi connectivity index (χ1) is 12.2. The Labute approximate surface area is 151 Å². The molecular weight excluding hydrogens is 342 g/mol. The third kappa shape index (κ3) is 4.18. The number of oxime groups is 1. The van der Waals surface area contributed by atoms with Gasteiger partial charge in [-0.1, -0.05) is 65.8 Å². The zero-order valence-electron chi connectivity index (χ0n) is 13.7. The van der Waals surface area contributed by atoms with Gasteiger partial charge in [-0.05, 0) is 5.56 Å². The smallest absolute Gasteiger partial charge is 0.339 e. The van der Waals surface area contributed by atoms with Gasteiger partial charge in [-0.2, -0.15) is 0 Å². The summed E-state index contributed by atoms with van der Waals surface area (Å²) in [6.07, 6.45) is -1.26. The molecule has 0 N–H and O–H groups in total. The number of methoxy groups -OCH3 is 1. The van der Waals surface area contributed by atoms with Crippen molar-refractivity contribution in [2.45, 2.75) is 24.2 Å². The lowest BCUT2D eigenvalue weighted by Crippen LogP contribution is -2.33. The van der Waals surface area contributed by atoms with Gasteiger partial charge < -0.3 is 14.3 Å². The molecule has 0 saturated heterocycles. The van der Waals surface area contributed by atoms with Crippen LogP contribution in [-0.4, -0.2) is 30.5 Å². The number of rotatable bonds is 5. The van der Waals surface area contributed by atoms with Gasteiger partial charge in [0.2, 0.25) is 6.29 Å². The summed E-state index contributed by atoms with van der Waals surface area (Å²) in [4.78, 5) is 17.5. The molecule has 6 heteroatoms. The molecule has 3 rings (SSSR count). The Kier molecular flexibility index (Phi) is 5.68. The average Bonchev–Trinajstić information content (AvgIpc) is 2.67. The van der Waals surface area contributed by atoms with Gasteiger partial charge in [-0.15, -0.1) is 11.6 Å². The number of alkyl halides is 1. The molecule has 0 amide bonds. The van der Waals surface area contributed by atoms with E-state index in [-0.39, 0.29) is 5.38 Å². The summed E-state index contributed by atoms with van der Waals surface area (Å²) >= 11 is 6.45. The van der Waals surface area contributed by atoms with E-state index in [9.17, 15) is 4.79 Å².